The van der Waals surface area contributed by atoms with E-state index in [1.807, 2.05) is 5.38 Å². The third-order valence-electron chi connectivity index (χ3n) is 2.65. The number of nitrogens with zero attached hydrogens (tertiary/aromatic N) is 4. The van der Waals surface area contributed by atoms with Crippen molar-refractivity contribution in [3.05, 3.63) is 16.7 Å². The summed E-state index contributed by atoms with van der Waals surface area (Å²) in [5, 5.41) is 11.2. The molecule has 2 aromatic rings. The molecule has 0 atom stereocenters. The highest BCUT2D eigenvalue weighted by Crippen LogP contribution is 2.37. The zero-order chi connectivity index (χ0) is 11.0. The van der Waals surface area contributed by atoms with Crippen LogP contribution >= 0.6 is 11.3 Å². The molecule has 0 bridgehead atoms. The average molecular weight is 235 g/mol. The van der Waals surface area contributed by atoms with Gasteiger partial charge in [-0.1, -0.05) is 0 Å². The molecule has 2 N–H and O–H groups in total. The Labute approximate surface area is 97.3 Å². The first-order valence-electron chi connectivity index (χ1n) is 5.43. The Balaban J connectivity index is 1.91. The second-order valence-electron chi connectivity index (χ2n) is 3.96. The number of hydrogen-bond donors (Lipinski definition) is 1. The van der Waals surface area contributed by atoms with Gasteiger partial charge in [-0.25, -0.2) is 4.98 Å². The maximum absolute atomic E-state index is 5.51. The fourth-order valence-corrected chi connectivity index (χ4v) is 2.49. The third-order valence-corrected chi connectivity index (χ3v) is 3.56. The van der Waals surface area contributed by atoms with E-state index in [0.29, 0.717) is 12.6 Å². The van der Waals surface area contributed by atoms with Crippen molar-refractivity contribution in [2.45, 2.75) is 25.3 Å². The van der Waals surface area contributed by atoms with E-state index < -0.39 is 0 Å². The van der Waals surface area contributed by atoms with E-state index in [0.717, 1.165) is 22.9 Å². The largest absolute Gasteiger partial charge is 0.330 e. The molecule has 0 unspecified atom stereocenters. The Bertz CT molecular complexity index is 485. The van der Waals surface area contributed by atoms with Gasteiger partial charge in [-0.15, -0.1) is 21.5 Å². The quantitative estimate of drug-likeness (QED) is 0.865. The summed E-state index contributed by atoms with van der Waals surface area (Å²) in [6, 6.07) is 0.588. The van der Waals surface area contributed by atoms with E-state index in [1.165, 1.54) is 12.8 Å². The molecule has 1 aliphatic carbocycles. The lowest BCUT2D eigenvalue weighted by Crippen LogP contribution is -2.02. The second kappa shape index (κ2) is 3.95. The number of hydrogen-bond acceptors (Lipinski definition) is 5. The summed E-state index contributed by atoms with van der Waals surface area (Å²) < 4.78 is 2.13. The van der Waals surface area contributed by atoms with Crippen LogP contribution < -0.4 is 5.73 Å². The molecule has 0 saturated heterocycles. The third kappa shape index (κ3) is 1.74. The minimum atomic E-state index is 0.588. The SMILES string of the molecule is NCCc1nc(-c2nncn2C2CC2)cs1. The highest BCUT2D eigenvalue weighted by molar-refractivity contribution is 7.09. The summed E-state index contributed by atoms with van der Waals surface area (Å²) in [5.41, 5.74) is 6.44. The number of rotatable bonds is 4. The van der Waals surface area contributed by atoms with Crippen LogP contribution in [0.25, 0.3) is 11.5 Å². The van der Waals surface area contributed by atoms with Gasteiger partial charge in [-0.3, -0.25) is 0 Å². The maximum Gasteiger partial charge on any atom is 0.183 e. The highest BCUT2D eigenvalue weighted by Gasteiger charge is 2.27. The van der Waals surface area contributed by atoms with Crippen molar-refractivity contribution < 1.29 is 0 Å². The normalized spacial score (nSPS) is 15.6. The average Bonchev–Trinajstić information content (AvgIpc) is 2.84. The summed E-state index contributed by atoms with van der Waals surface area (Å²) in [4.78, 5) is 4.53. The molecule has 0 radical (unpaired) electrons. The van der Waals surface area contributed by atoms with E-state index >= 15 is 0 Å². The van der Waals surface area contributed by atoms with Gasteiger partial charge in [0.05, 0.1) is 5.01 Å². The standard InChI is InChI=1S/C10H13N5S/c11-4-3-9-13-8(5-16-9)10-14-12-6-15(10)7-1-2-7/h5-7H,1-4,11H2. The molecule has 2 aromatic heterocycles. The van der Waals surface area contributed by atoms with Gasteiger partial charge < -0.3 is 10.3 Å². The summed E-state index contributed by atoms with van der Waals surface area (Å²) in [5.74, 6) is 0.891. The lowest BCUT2D eigenvalue weighted by atomic mass is 10.4. The molecule has 1 aliphatic rings. The number of thiazole rings is 1. The molecular weight excluding hydrogens is 222 g/mol. The van der Waals surface area contributed by atoms with Crippen LogP contribution in [-0.2, 0) is 6.42 Å². The molecule has 5 nitrogen and oxygen atoms in total. The lowest BCUT2D eigenvalue weighted by molar-refractivity contribution is 0.744. The fraction of sp³-hybridized carbons (Fsp3) is 0.500. The van der Waals surface area contributed by atoms with Crippen LogP contribution in [0.1, 0.15) is 23.9 Å². The summed E-state index contributed by atoms with van der Waals surface area (Å²) >= 11 is 1.64. The van der Waals surface area contributed by atoms with E-state index in [4.69, 9.17) is 5.73 Å². The fourth-order valence-electron chi connectivity index (χ4n) is 1.70. The van der Waals surface area contributed by atoms with Gasteiger partial charge in [-0.05, 0) is 19.4 Å². The predicted octanol–water partition coefficient (Wildman–Crippen LogP) is 1.24. The Morgan fingerprint density at radius 3 is 3.12 bits per heavy atom. The predicted molar refractivity (Wildman–Crippen MR) is 62.2 cm³/mol. The summed E-state index contributed by atoms with van der Waals surface area (Å²) in [6.07, 6.45) is 5.09. The van der Waals surface area contributed by atoms with Crippen LogP contribution in [0.5, 0.6) is 0 Å². The highest BCUT2D eigenvalue weighted by atomic mass is 32.1. The van der Waals surface area contributed by atoms with Crippen LogP contribution in [-0.4, -0.2) is 26.3 Å². The minimum Gasteiger partial charge on any atom is -0.330 e. The Kier molecular flexibility index (Phi) is 2.45. The Morgan fingerprint density at radius 1 is 1.50 bits per heavy atom. The van der Waals surface area contributed by atoms with Crippen LogP contribution in [0.4, 0.5) is 0 Å². The molecule has 0 aliphatic heterocycles. The molecule has 0 spiro atoms. The van der Waals surface area contributed by atoms with Gasteiger partial charge in [0.2, 0.25) is 0 Å². The first kappa shape index (κ1) is 9.92. The molecule has 2 heterocycles. The van der Waals surface area contributed by atoms with Crippen molar-refractivity contribution in [2.24, 2.45) is 5.73 Å². The van der Waals surface area contributed by atoms with Gasteiger partial charge in [0.15, 0.2) is 5.82 Å². The van der Waals surface area contributed by atoms with Gasteiger partial charge in [-0.2, -0.15) is 0 Å². The van der Waals surface area contributed by atoms with Crippen molar-refractivity contribution in [2.75, 3.05) is 6.54 Å². The summed E-state index contributed by atoms with van der Waals surface area (Å²) in [7, 11) is 0. The van der Waals surface area contributed by atoms with Crippen molar-refractivity contribution in [3.63, 3.8) is 0 Å². The van der Waals surface area contributed by atoms with E-state index in [1.54, 1.807) is 17.7 Å². The monoisotopic (exact) mass is 235 g/mol. The second-order valence-corrected chi connectivity index (χ2v) is 4.90. The van der Waals surface area contributed by atoms with Gasteiger partial charge >= 0.3 is 0 Å². The molecule has 6 heteroatoms. The molecule has 84 valence electrons. The van der Waals surface area contributed by atoms with E-state index in [-0.39, 0.29) is 0 Å². The minimum absolute atomic E-state index is 0.588. The molecule has 16 heavy (non-hydrogen) atoms. The van der Waals surface area contributed by atoms with Gasteiger partial charge in [0, 0.05) is 17.8 Å². The van der Waals surface area contributed by atoms with Crippen molar-refractivity contribution >= 4 is 11.3 Å². The molecule has 0 amide bonds. The van der Waals surface area contributed by atoms with Gasteiger partial charge in [0.1, 0.15) is 12.0 Å². The van der Waals surface area contributed by atoms with Crippen LogP contribution in [0.3, 0.4) is 0 Å². The van der Waals surface area contributed by atoms with E-state index in [9.17, 15) is 0 Å². The van der Waals surface area contributed by atoms with Gasteiger partial charge in [0.25, 0.3) is 0 Å². The molecule has 1 fully saturated rings. The Morgan fingerprint density at radius 2 is 2.38 bits per heavy atom. The molecular formula is C10H13N5S. The first-order chi connectivity index (χ1) is 7.88. The molecule has 3 rings (SSSR count). The van der Waals surface area contributed by atoms with Crippen molar-refractivity contribution in [3.8, 4) is 11.5 Å². The molecule has 1 saturated carbocycles. The van der Waals surface area contributed by atoms with Crippen molar-refractivity contribution in [1.29, 1.82) is 0 Å². The number of nitrogens with two attached hydrogens (primary N) is 1. The topological polar surface area (TPSA) is 69.6 Å². The summed E-state index contributed by atoms with van der Waals surface area (Å²) in [6.45, 7) is 0.641. The zero-order valence-corrected chi connectivity index (χ0v) is 9.65. The zero-order valence-electron chi connectivity index (χ0n) is 8.83. The van der Waals surface area contributed by atoms with E-state index in [2.05, 4.69) is 19.7 Å². The van der Waals surface area contributed by atoms with Crippen LogP contribution in [0.2, 0.25) is 0 Å². The van der Waals surface area contributed by atoms with Crippen LogP contribution in [0, 0.1) is 0 Å². The lowest BCUT2D eigenvalue weighted by Gasteiger charge is -2.00. The molecule has 0 aromatic carbocycles. The smallest absolute Gasteiger partial charge is 0.183 e. The maximum atomic E-state index is 5.51. The first-order valence-corrected chi connectivity index (χ1v) is 6.31. The number of aromatic nitrogens is 4. The van der Waals surface area contributed by atoms with Crippen LogP contribution in [0.15, 0.2) is 11.7 Å². The van der Waals surface area contributed by atoms with Crippen molar-refractivity contribution in [1.82, 2.24) is 19.7 Å². The Hall–Kier alpha value is -1.27.